The number of ether oxygens (including phenoxy) is 1. The molecule has 7 heteroatoms. The summed E-state index contributed by atoms with van der Waals surface area (Å²) in [6, 6.07) is 0. The van der Waals surface area contributed by atoms with Crippen molar-refractivity contribution in [1.29, 1.82) is 0 Å². The SMILES string of the molecule is COCCN(CCS(C)(=O)=O)CC(=O)N(C)C. The Morgan fingerprint density at radius 3 is 2.24 bits per heavy atom. The Labute approximate surface area is 103 Å². The van der Waals surface area contributed by atoms with Crippen molar-refractivity contribution < 1.29 is 17.9 Å². The van der Waals surface area contributed by atoms with Crippen molar-refractivity contribution in [1.82, 2.24) is 9.80 Å². The Bertz CT molecular complexity index is 327. The average molecular weight is 266 g/mol. The molecule has 0 spiro atoms. The van der Waals surface area contributed by atoms with Gasteiger partial charge in [-0.2, -0.15) is 0 Å². The molecule has 0 aliphatic carbocycles. The van der Waals surface area contributed by atoms with Crippen LogP contribution in [0.4, 0.5) is 0 Å². The van der Waals surface area contributed by atoms with Crippen LogP contribution in [0.25, 0.3) is 0 Å². The maximum atomic E-state index is 11.5. The van der Waals surface area contributed by atoms with E-state index in [-0.39, 0.29) is 18.2 Å². The highest BCUT2D eigenvalue weighted by atomic mass is 32.2. The fourth-order valence-corrected chi connectivity index (χ4v) is 1.71. The number of sulfone groups is 1. The van der Waals surface area contributed by atoms with Crippen LogP contribution in [0.3, 0.4) is 0 Å². The Kier molecular flexibility index (Phi) is 7.33. The van der Waals surface area contributed by atoms with E-state index in [1.165, 1.54) is 11.2 Å². The van der Waals surface area contributed by atoms with Crippen molar-refractivity contribution in [2.24, 2.45) is 0 Å². The highest BCUT2D eigenvalue weighted by Gasteiger charge is 2.14. The number of carbonyl (C=O) groups excluding carboxylic acids is 1. The number of rotatable bonds is 8. The number of hydrogen-bond donors (Lipinski definition) is 0. The molecule has 0 bridgehead atoms. The molecule has 0 aliphatic heterocycles. The summed E-state index contributed by atoms with van der Waals surface area (Å²) in [6.45, 7) is 1.59. The summed E-state index contributed by atoms with van der Waals surface area (Å²) in [6.07, 6.45) is 1.19. The maximum Gasteiger partial charge on any atom is 0.236 e. The van der Waals surface area contributed by atoms with E-state index in [9.17, 15) is 13.2 Å². The molecule has 0 aromatic heterocycles. The molecular weight excluding hydrogens is 244 g/mol. The standard InChI is InChI=1S/C10H22N2O4S/c1-11(2)10(13)9-12(5-7-16-3)6-8-17(4,14)15/h5-9H2,1-4H3. The molecule has 0 saturated heterocycles. The van der Waals surface area contributed by atoms with Crippen LogP contribution in [0.2, 0.25) is 0 Å². The van der Waals surface area contributed by atoms with Crippen molar-refractivity contribution in [3.63, 3.8) is 0 Å². The number of likely N-dealkylation sites (N-methyl/N-ethyl adjacent to an activating group) is 1. The van der Waals surface area contributed by atoms with Gasteiger partial charge < -0.3 is 9.64 Å². The number of nitrogens with zero attached hydrogens (tertiary/aromatic N) is 2. The zero-order chi connectivity index (χ0) is 13.5. The van der Waals surface area contributed by atoms with Crippen LogP contribution in [0, 0.1) is 0 Å². The van der Waals surface area contributed by atoms with Gasteiger partial charge in [0.1, 0.15) is 9.84 Å². The highest BCUT2D eigenvalue weighted by Crippen LogP contribution is 1.94. The van der Waals surface area contributed by atoms with Crippen molar-refractivity contribution in [2.75, 3.05) is 59.5 Å². The van der Waals surface area contributed by atoms with Gasteiger partial charge in [0.05, 0.1) is 18.9 Å². The van der Waals surface area contributed by atoms with Gasteiger partial charge in [-0.25, -0.2) is 8.42 Å². The summed E-state index contributed by atoms with van der Waals surface area (Å²) in [5, 5.41) is 0. The zero-order valence-corrected chi connectivity index (χ0v) is 11.8. The van der Waals surface area contributed by atoms with Crippen LogP contribution in [0.5, 0.6) is 0 Å². The Morgan fingerprint density at radius 2 is 1.82 bits per heavy atom. The summed E-state index contributed by atoms with van der Waals surface area (Å²) < 4.78 is 27.1. The summed E-state index contributed by atoms with van der Waals surface area (Å²) >= 11 is 0. The molecule has 0 radical (unpaired) electrons. The summed E-state index contributed by atoms with van der Waals surface area (Å²) in [4.78, 5) is 14.8. The second kappa shape index (κ2) is 7.62. The van der Waals surface area contributed by atoms with Crippen molar-refractivity contribution in [3.8, 4) is 0 Å². The fourth-order valence-electron chi connectivity index (χ4n) is 1.12. The molecule has 0 unspecified atom stereocenters. The van der Waals surface area contributed by atoms with Crippen LogP contribution in [0.1, 0.15) is 0 Å². The Hall–Kier alpha value is -0.660. The second-order valence-corrected chi connectivity index (χ2v) is 6.45. The molecule has 1 amide bonds. The minimum atomic E-state index is -3.01. The van der Waals surface area contributed by atoms with Gasteiger partial charge in [0, 0.05) is 40.6 Å². The Morgan fingerprint density at radius 1 is 1.24 bits per heavy atom. The average Bonchev–Trinajstić information content (AvgIpc) is 2.20. The van der Waals surface area contributed by atoms with Crippen LogP contribution in [-0.4, -0.2) is 83.6 Å². The topological polar surface area (TPSA) is 66.9 Å². The molecule has 102 valence electrons. The lowest BCUT2D eigenvalue weighted by Gasteiger charge is -2.22. The zero-order valence-electron chi connectivity index (χ0n) is 11.0. The first-order valence-electron chi connectivity index (χ1n) is 5.35. The first kappa shape index (κ1) is 16.3. The normalized spacial score (nSPS) is 11.8. The van der Waals surface area contributed by atoms with E-state index in [0.717, 1.165) is 0 Å². The lowest BCUT2D eigenvalue weighted by Crippen LogP contribution is -2.40. The molecule has 0 aromatic carbocycles. The Balaban J connectivity index is 4.28. The van der Waals surface area contributed by atoms with E-state index in [0.29, 0.717) is 19.7 Å². The summed E-state index contributed by atoms with van der Waals surface area (Å²) in [5.74, 6) is 0.00634. The lowest BCUT2D eigenvalue weighted by molar-refractivity contribution is -0.130. The van der Waals surface area contributed by atoms with E-state index in [1.807, 2.05) is 0 Å². The molecule has 0 N–H and O–H groups in total. The molecule has 0 aliphatic rings. The number of methoxy groups -OCH3 is 1. The minimum Gasteiger partial charge on any atom is -0.383 e. The monoisotopic (exact) mass is 266 g/mol. The summed E-state index contributed by atoms with van der Waals surface area (Å²) in [7, 11) is 1.91. The van der Waals surface area contributed by atoms with Crippen LogP contribution >= 0.6 is 0 Å². The van der Waals surface area contributed by atoms with E-state index in [4.69, 9.17) is 4.74 Å². The molecule has 0 heterocycles. The van der Waals surface area contributed by atoms with Gasteiger partial charge in [0.15, 0.2) is 0 Å². The minimum absolute atomic E-state index is 0.0467. The predicted octanol–water partition coefficient (Wildman–Crippen LogP) is -0.932. The van der Waals surface area contributed by atoms with Gasteiger partial charge in [-0.1, -0.05) is 0 Å². The smallest absolute Gasteiger partial charge is 0.236 e. The third-order valence-electron chi connectivity index (χ3n) is 2.25. The van der Waals surface area contributed by atoms with Gasteiger partial charge in [-0.3, -0.25) is 9.69 Å². The molecule has 0 saturated carbocycles. The third-order valence-corrected chi connectivity index (χ3v) is 3.17. The first-order chi connectivity index (χ1) is 7.76. The molecular formula is C10H22N2O4S. The number of carbonyl (C=O) groups is 1. The largest absolute Gasteiger partial charge is 0.383 e. The third kappa shape index (κ3) is 9.08. The van der Waals surface area contributed by atoms with E-state index >= 15 is 0 Å². The van der Waals surface area contributed by atoms with E-state index in [1.54, 1.807) is 26.1 Å². The van der Waals surface area contributed by atoms with Gasteiger partial charge in [0.2, 0.25) is 5.91 Å². The van der Waals surface area contributed by atoms with E-state index < -0.39 is 9.84 Å². The molecule has 0 rings (SSSR count). The fraction of sp³-hybridized carbons (Fsp3) is 0.900. The predicted molar refractivity (Wildman–Crippen MR) is 66.7 cm³/mol. The van der Waals surface area contributed by atoms with Crippen LogP contribution in [-0.2, 0) is 19.4 Å². The second-order valence-electron chi connectivity index (χ2n) is 4.19. The molecule has 17 heavy (non-hydrogen) atoms. The number of amides is 1. The van der Waals surface area contributed by atoms with Gasteiger partial charge in [-0.05, 0) is 0 Å². The molecule has 0 aromatic rings. The van der Waals surface area contributed by atoms with Crippen LogP contribution < -0.4 is 0 Å². The highest BCUT2D eigenvalue weighted by molar-refractivity contribution is 7.90. The van der Waals surface area contributed by atoms with Gasteiger partial charge >= 0.3 is 0 Å². The molecule has 0 atom stereocenters. The van der Waals surface area contributed by atoms with Crippen LogP contribution in [0.15, 0.2) is 0 Å². The van der Waals surface area contributed by atoms with Crippen molar-refractivity contribution in [3.05, 3.63) is 0 Å². The van der Waals surface area contributed by atoms with Gasteiger partial charge in [-0.15, -0.1) is 0 Å². The first-order valence-corrected chi connectivity index (χ1v) is 7.41. The van der Waals surface area contributed by atoms with Crippen molar-refractivity contribution >= 4 is 15.7 Å². The number of hydrogen-bond acceptors (Lipinski definition) is 5. The lowest BCUT2D eigenvalue weighted by atomic mass is 10.4. The summed E-state index contributed by atoms with van der Waals surface area (Å²) in [5.41, 5.74) is 0. The quantitative estimate of drug-likeness (QED) is 0.568. The maximum absolute atomic E-state index is 11.5. The molecule has 6 nitrogen and oxygen atoms in total. The van der Waals surface area contributed by atoms with Gasteiger partial charge in [0.25, 0.3) is 0 Å². The van der Waals surface area contributed by atoms with E-state index in [2.05, 4.69) is 0 Å². The molecule has 0 fully saturated rings. The van der Waals surface area contributed by atoms with Crippen molar-refractivity contribution in [2.45, 2.75) is 0 Å².